The summed E-state index contributed by atoms with van der Waals surface area (Å²) in [5.74, 6) is 0.869. The van der Waals surface area contributed by atoms with Crippen LogP contribution in [0.2, 0.25) is 0 Å². The Morgan fingerprint density at radius 3 is 2.61 bits per heavy atom. The van der Waals surface area contributed by atoms with Crippen LogP contribution in [0, 0.1) is 0 Å². The molecule has 0 bridgehead atoms. The number of hydrogen-bond acceptors (Lipinski definition) is 2. The summed E-state index contributed by atoms with van der Waals surface area (Å²) in [4.78, 5) is 0. The lowest BCUT2D eigenvalue weighted by Crippen LogP contribution is -2.20. The van der Waals surface area contributed by atoms with Crippen molar-refractivity contribution >= 4 is 28.7 Å². The highest BCUT2D eigenvalue weighted by Crippen LogP contribution is 2.28. The number of ether oxygens (including phenoxy) is 1. The molecule has 3 nitrogen and oxygen atoms in total. The van der Waals surface area contributed by atoms with Gasteiger partial charge in [0.2, 0.25) is 0 Å². The molecule has 2 aromatic carbocycles. The molecule has 0 aliphatic heterocycles. The van der Waals surface area contributed by atoms with E-state index in [1.165, 1.54) is 30.4 Å². The van der Waals surface area contributed by atoms with Gasteiger partial charge in [-0.15, -0.1) is 0 Å². The molecule has 2 aromatic rings. The third-order valence-corrected chi connectivity index (χ3v) is 4.27. The summed E-state index contributed by atoms with van der Waals surface area (Å²) in [5, 5.41) is 7.20. The van der Waals surface area contributed by atoms with E-state index in [1.807, 2.05) is 31.2 Å². The van der Waals surface area contributed by atoms with E-state index in [0.29, 0.717) is 11.7 Å². The second kappa shape index (κ2) is 7.47. The van der Waals surface area contributed by atoms with Crippen molar-refractivity contribution in [2.75, 3.05) is 17.2 Å². The fraction of sp³-hybridized carbons (Fsp3) is 0.316. The van der Waals surface area contributed by atoms with Crippen LogP contribution in [0.3, 0.4) is 0 Å². The number of aryl methyl sites for hydroxylation is 1. The van der Waals surface area contributed by atoms with Gasteiger partial charge in [-0.2, -0.15) is 0 Å². The lowest BCUT2D eigenvalue weighted by Gasteiger charge is -2.20. The van der Waals surface area contributed by atoms with E-state index < -0.39 is 0 Å². The molecule has 0 saturated heterocycles. The normalized spacial score (nSPS) is 13.1. The summed E-state index contributed by atoms with van der Waals surface area (Å²) in [6, 6.07) is 14.3. The number of rotatable bonds is 4. The predicted molar refractivity (Wildman–Crippen MR) is 101 cm³/mol. The van der Waals surface area contributed by atoms with Crippen LogP contribution < -0.4 is 15.4 Å². The molecular weight excluding hydrogens is 304 g/mol. The van der Waals surface area contributed by atoms with Gasteiger partial charge >= 0.3 is 0 Å². The van der Waals surface area contributed by atoms with Crippen molar-refractivity contribution in [1.29, 1.82) is 0 Å². The molecule has 1 aliphatic rings. The Balaban J connectivity index is 1.65. The molecule has 0 aromatic heterocycles. The third kappa shape index (κ3) is 4.02. The van der Waals surface area contributed by atoms with Gasteiger partial charge < -0.3 is 15.4 Å². The maximum atomic E-state index is 5.45. The average molecular weight is 326 g/mol. The van der Waals surface area contributed by atoms with Crippen LogP contribution in [0.15, 0.2) is 42.5 Å². The van der Waals surface area contributed by atoms with Gasteiger partial charge in [0.15, 0.2) is 5.11 Å². The van der Waals surface area contributed by atoms with Crippen molar-refractivity contribution in [2.45, 2.75) is 32.6 Å². The molecule has 0 amide bonds. The van der Waals surface area contributed by atoms with Crippen molar-refractivity contribution in [1.82, 2.24) is 0 Å². The van der Waals surface area contributed by atoms with Crippen molar-refractivity contribution in [3.63, 3.8) is 0 Å². The van der Waals surface area contributed by atoms with Crippen LogP contribution in [0.25, 0.3) is 0 Å². The summed E-state index contributed by atoms with van der Waals surface area (Å²) in [6.45, 7) is 2.65. The molecule has 0 saturated carbocycles. The zero-order valence-electron chi connectivity index (χ0n) is 13.4. The van der Waals surface area contributed by atoms with E-state index in [-0.39, 0.29) is 0 Å². The summed E-state index contributed by atoms with van der Waals surface area (Å²) in [6.07, 6.45) is 4.84. The first kappa shape index (κ1) is 15.8. The summed E-state index contributed by atoms with van der Waals surface area (Å²) in [5.41, 5.74) is 4.95. The standard InChI is InChI=1S/C19H22N2OS/c1-2-22-16-12-10-15(11-13-16)20-19(23)21-18-9-5-7-14-6-3-4-8-17(14)18/h5,7,9-13H,2-4,6,8H2,1H3,(H2,20,21,23). The first-order valence-corrected chi connectivity index (χ1v) is 8.58. The van der Waals surface area contributed by atoms with Crippen molar-refractivity contribution in [3.8, 4) is 5.75 Å². The second-order valence-corrected chi connectivity index (χ2v) is 6.10. The van der Waals surface area contributed by atoms with E-state index in [1.54, 1.807) is 0 Å². The van der Waals surface area contributed by atoms with Gasteiger partial charge in [0.25, 0.3) is 0 Å². The fourth-order valence-corrected chi connectivity index (χ4v) is 3.21. The van der Waals surface area contributed by atoms with Crippen LogP contribution in [0.1, 0.15) is 30.9 Å². The smallest absolute Gasteiger partial charge is 0.175 e. The molecule has 23 heavy (non-hydrogen) atoms. The third-order valence-electron chi connectivity index (χ3n) is 4.07. The highest BCUT2D eigenvalue weighted by Gasteiger charge is 2.13. The molecule has 0 spiro atoms. The van der Waals surface area contributed by atoms with Crippen LogP contribution in [-0.2, 0) is 12.8 Å². The zero-order chi connectivity index (χ0) is 16.1. The predicted octanol–water partition coefficient (Wildman–Crippen LogP) is 4.77. The van der Waals surface area contributed by atoms with Gasteiger partial charge in [-0.05, 0) is 86.3 Å². The fourth-order valence-electron chi connectivity index (χ4n) is 2.98. The van der Waals surface area contributed by atoms with Crippen molar-refractivity contribution in [3.05, 3.63) is 53.6 Å². The van der Waals surface area contributed by atoms with Crippen LogP contribution in [-0.4, -0.2) is 11.7 Å². The number of anilines is 2. The molecule has 3 rings (SSSR count). The Labute approximate surface area is 143 Å². The van der Waals surface area contributed by atoms with Crippen molar-refractivity contribution in [2.24, 2.45) is 0 Å². The van der Waals surface area contributed by atoms with Gasteiger partial charge in [0.05, 0.1) is 6.61 Å². The van der Waals surface area contributed by atoms with Gasteiger partial charge in [-0.1, -0.05) is 12.1 Å². The van der Waals surface area contributed by atoms with E-state index in [0.717, 1.165) is 23.5 Å². The lowest BCUT2D eigenvalue weighted by molar-refractivity contribution is 0.340. The van der Waals surface area contributed by atoms with E-state index in [4.69, 9.17) is 17.0 Å². The van der Waals surface area contributed by atoms with Gasteiger partial charge in [-0.25, -0.2) is 0 Å². The second-order valence-electron chi connectivity index (χ2n) is 5.69. The maximum Gasteiger partial charge on any atom is 0.175 e. The Kier molecular flexibility index (Phi) is 5.13. The minimum absolute atomic E-state index is 0.619. The molecule has 0 atom stereocenters. The number of benzene rings is 2. The molecule has 2 N–H and O–H groups in total. The number of thiocarbonyl (C=S) groups is 1. The van der Waals surface area contributed by atoms with Crippen LogP contribution in [0.4, 0.5) is 11.4 Å². The Hall–Kier alpha value is -2.07. The first-order valence-electron chi connectivity index (χ1n) is 8.18. The Morgan fingerprint density at radius 1 is 1.04 bits per heavy atom. The average Bonchev–Trinajstić information content (AvgIpc) is 2.57. The number of hydrogen-bond donors (Lipinski definition) is 2. The molecule has 0 heterocycles. The van der Waals surface area contributed by atoms with Crippen molar-refractivity contribution < 1.29 is 4.74 Å². The minimum atomic E-state index is 0.619. The topological polar surface area (TPSA) is 33.3 Å². The summed E-state index contributed by atoms with van der Waals surface area (Å²) < 4.78 is 5.45. The lowest BCUT2D eigenvalue weighted by atomic mass is 9.90. The highest BCUT2D eigenvalue weighted by atomic mass is 32.1. The minimum Gasteiger partial charge on any atom is -0.494 e. The highest BCUT2D eigenvalue weighted by molar-refractivity contribution is 7.80. The van der Waals surface area contributed by atoms with E-state index in [2.05, 4.69) is 28.8 Å². The first-order chi connectivity index (χ1) is 11.3. The number of nitrogens with one attached hydrogen (secondary N) is 2. The van der Waals surface area contributed by atoms with Crippen LogP contribution in [0.5, 0.6) is 5.75 Å². The molecule has 1 aliphatic carbocycles. The molecule has 120 valence electrons. The largest absolute Gasteiger partial charge is 0.494 e. The maximum absolute atomic E-state index is 5.45. The quantitative estimate of drug-likeness (QED) is 0.793. The Morgan fingerprint density at radius 2 is 1.83 bits per heavy atom. The van der Waals surface area contributed by atoms with Gasteiger partial charge in [0.1, 0.15) is 5.75 Å². The molecule has 0 radical (unpaired) electrons. The summed E-state index contributed by atoms with van der Waals surface area (Å²) in [7, 11) is 0. The SMILES string of the molecule is CCOc1ccc(NC(=S)Nc2cccc3c2CCCC3)cc1. The molecular formula is C19H22N2OS. The van der Waals surface area contributed by atoms with Gasteiger partial charge in [0, 0.05) is 11.4 Å². The molecule has 0 unspecified atom stereocenters. The number of fused-ring (bicyclic) bond motifs is 1. The van der Waals surface area contributed by atoms with E-state index in [9.17, 15) is 0 Å². The Bertz CT molecular complexity index is 682. The van der Waals surface area contributed by atoms with Crippen LogP contribution >= 0.6 is 12.2 Å². The van der Waals surface area contributed by atoms with Gasteiger partial charge in [-0.3, -0.25) is 0 Å². The zero-order valence-corrected chi connectivity index (χ0v) is 14.2. The molecule has 4 heteroatoms. The molecule has 0 fully saturated rings. The summed E-state index contributed by atoms with van der Waals surface area (Å²) >= 11 is 5.45. The monoisotopic (exact) mass is 326 g/mol. The van der Waals surface area contributed by atoms with E-state index >= 15 is 0 Å².